The minimum absolute atomic E-state index is 0.273. The molecule has 1 aliphatic carbocycles. The van der Waals surface area contributed by atoms with E-state index in [1.165, 1.54) is 7.11 Å². The molecule has 2 atom stereocenters. The first-order valence-electron chi connectivity index (χ1n) is 5.81. The van der Waals surface area contributed by atoms with E-state index in [2.05, 4.69) is 0 Å². The minimum Gasteiger partial charge on any atom is -0.469 e. The Hall–Kier alpha value is -1.06. The fraction of sp³-hybridized carbons (Fsp3) is 0.833. The van der Waals surface area contributed by atoms with Crippen molar-refractivity contribution in [2.45, 2.75) is 39.5 Å². The van der Waals surface area contributed by atoms with Crippen molar-refractivity contribution in [1.82, 2.24) is 0 Å². The fourth-order valence-electron chi connectivity index (χ4n) is 2.39. The molecule has 0 aliphatic heterocycles. The van der Waals surface area contributed by atoms with Crippen molar-refractivity contribution >= 4 is 11.9 Å². The van der Waals surface area contributed by atoms with Crippen LogP contribution in [-0.2, 0) is 19.1 Å². The van der Waals surface area contributed by atoms with Crippen molar-refractivity contribution in [3.05, 3.63) is 0 Å². The number of carbonyl (C=O) groups is 2. The Balaban J connectivity index is 2.86. The molecule has 0 spiro atoms. The number of hydrogen-bond donors (Lipinski definition) is 0. The maximum Gasteiger partial charge on any atom is 0.312 e. The Bertz CT molecular complexity index is 274. The molecule has 4 nitrogen and oxygen atoms in total. The van der Waals surface area contributed by atoms with Crippen LogP contribution in [0.15, 0.2) is 0 Å². The third-order valence-corrected chi connectivity index (χ3v) is 3.44. The highest BCUT2D eigenvalue weighted by molar-refractivity contribution is 5.85. The Morgan fingerprint density at radius 3 is 2.62 bits per heavy atom. The largest absolute Gasteiger partial charge is 0.469 e. The van der Waals surface area contributed by atoms with Crippen LogP contribution < -0.4 is 0 Å². The Morgan fingerprint density at radius 1 is 1.38 bits per heavy atom. The summed E-state index contributed by atoms with van der Waals surface area (Å²) in [7, 11) is 1.36. The van der Waals surface area contributed by atoms with Crippen molar-refractivity contribution < 1.29 is 19.1 Å². The number of ether oxygens (including phenoxy) is 2. The van der Waals surface area contributed by atoms with E-state index in [9.17, 15) is 9.59 Å². The van der Waals surface area contributed by atoms with Crippen molar-refractivity contribution in [3.8, 4) is 0 Å². The molecule has 0 heterocycles. The lowest BCUT2D eigenvalue weighted by Crippen LogP contribution is -2.44. The van der Waals surface area contributed by atoms with Gasteiger partial charge in [0.2, 0.25) is 0 Å². The second-order valence-corrected chi connectivity index (χ2v) is 4.46. The van der Waals surface area contributed by atoms with Gasteiger partial charge >= 0.3 is 11.9 Å². The Morgan fingerprint density at radius 2 is 2.06 bits per heavy atom. The van der Waals surface area contributed by atoms with Gasteiger partial charge in [-0.2, -0.15) is 0 Å². The molecule has 1 rings (SSSR count). The molecule has 16 heavy (non-hydrogen) atoms. The molecule has 0 bridgehead atoms. The number of esters is 2. The van der Waals surface area contributed by atoms with Gasteiger partial charge in [0.25, 0.3) is 0 Å². The Labute approximate surface area is 96.3 Å². The van der Waals surface area contributed by atoms with Crippen LogP contribution in [0.5, 0.6) is 0 Å². The molecular weight excluding hydrogens is 208 g/mol. The lowest BCUT2D eigenvalue weighted by molar-refractivity contribution is -0.170. The van der Waals surface area contributed by atoms with E-state index in [0.29, 0.717) is 19.4 Å². The molecule has 1 saturated carbocycles. The van der Waals surface area contributed by atoms with Crippen LogP contribution in [0.25, 0.3) is 0 Å². The van der Waals surface area contributed by atoms with E-state index >= 15 is 0 Å². The minimum atomic E-state index is -0.707. The smallest absolute Gasteiger partial charge is 0.312 e. The molecule has 0 aromatic carbocycles. The fourth-order valence-corrected chi connectivity index (χ4v) is 2.39. The summed E-state index contributed by atoms with van der Waals surface area (Å²) in [4.78, 5) is 23.6. The van der Waals surface area contributed by atoms with Crippen LogP contribution in [0.1, 0.15) is 39.5 Å². The maximum atomic E-state index is 11.9. The summed E-state index contributed by atoms with van der Waals surface area (Å²) < 4.78 is 9.83. The van der Waals surface area contributed by atoms with Crippen LogP contribution in [0.3, 0.4) is 0 Å². The average molecular weight is 228 g/mol. The molecule has 0 saturated heterocycles. The van der Waals surface area contributed by atoms with Gasteiger partial charge in [-0.1, -0.05) is 12.8 Å². The first-order chi connectivity index (χ1) is 7.56. The first-order valence-corrected chi connectivity index (χ1v) is 5.81. The van der Waals surface area contributed by atoms with Crippen molar-refractivity contribution in [2.24, 2.45) is 11.3 Å². The van der Waals surface area contributed by atoms with Gasteiger partial charge in [0.05, 0.1) is 25.0 Å². The van der Waals surface area contributed by atoms with Gasteiger partial charge in [0.1, 0.15) is 0 Å². The highest BCUT2D eigenvalue weighted by Gasteiger charge is 2.48. The van der Waals surface area contributed by atoms with E-state index in [0.717, 1.165) is 12.8 Å². The summed E-state index contributed by atoms with van der Waals surface area (Å²) in [6.07, 6.45) is 3.34. The lowest BCUT2D eigenvalue weighted by atomic mass is 9.67. The van der Waals surface area contributed by atoms with Crippen molar-refractivity contribution in [3.63, 3.8) is 0 Å². The van der Waals surface area contributed by atoms with E-state index in [1.807, 2.05) is 6.92 Å². The second-order valence-electron chi connectivity index (χ2n) is 4.46. The summed E-state index contributed by atoms with van der Waals surface area (Å²) in [6, 6.07) is 0. The average Bonchev–Trinajstić information content (AvgIpc) is 2.29. The molecule has 92 valence electrons. The SMILES string of the molecule is CCOC(=O)C1(C)CCCCC1C(=O)OC. The molecule has 0 aromatic rings. The molecule has 0 amide bonds. The first kappa shape index (κ1) is 13.0. The predicted molar refractivity (Wildman–Crippen MR) is 58.7 cm³/mol. The summed E-state index contributed by atoms with van der Waals surface area (Å²) in [5.41, 5.74) is -0.707. The van der Waals surface area contributed by atoms with Crippen molar-refractivity contribution in [1.29, 1.82) is 0 Å². The zero-order chi connectivity index (χ0) is 12.2. The van der Waals surface area contributed by atoms with Gasteiger partial charge in [-0.25, -0.2) is 0 Å². The van der Waals surface area contributed by atoms with Gasteiger partial charge < -0.3 is 9.47 Å². The predicted octanol–water partition coefficient (Wildman–Crippen LogP) is 1.92. The molecule has 1 fully saturated rings. The van der Waals surface area contributed by atoms with Gasteiger partial charge in [0.15, 0.2) is 0 Å². The van der Waals surface area contributed by atoms with Gasteiger partial charge in [-0.05, 0) is 26.7 Å². The molecule has 4 heteroatoms. The number of carbonyl (C=O) groups excluding carboxylic acids is 2. The summed E-state index contributed by atoms with van der Waals surface area (Å²) in [5, 5.41) is 0. The molecule has 0 radical (unpaired) electrons. The quantitative estimate of drug-likeness (QED) is 0.692. The van der Waals surface area contributed by atoms with Crippen molar-refractivity contribution in [2.75, 3.05) is 13.7 Å². The van der Waals surface area contributed by atoms with Crippen LogP contribution in [0.4, 0.5) is 0 Å². The van der Waals surface area contributed by atoms with Gasteiger partial charge in [-0.3, -0.25) is 9.59 Å². The monoisotopic (exact) mass is 228 g/mol. The zero-order valence-electron chi connectivity index (χ0n) is 10.2. The molecule has 0 aromatic heterocycles. The summed E-state index contributed by atoms with van der Waals surface area (Å²) in [6.45, 7) is 3.94. The van der Waals surface area contributed by atoms with E-state index in [-0.39, 0.29) is 17.9 Å². The van der Waals surface area contributed by atoms with Crippen LogP contribution in [0.2, 0.25) is 0 Å². The third kappa shape index (κ3) is 2.36. The second kappa shape index (κ2) is 5.32. The lowest BCUT2D eigenvalue weighted by Gasteiger charge is -2.37. The van der Waals surface area contributed by atoms with E-state index in [4.69, 9.17) is 9.47 Å². The van der Waals surface area contributed by atoms with Crippen LogP contribution in [-0.4, -0.2) is 25.7 Å². The highest BCUT2D eigenvalue weighted by atomic mass is 16.5. The standard InChI is InChI=1S/C12H20O4/c1-4-16-11(14)12(2)8-6-5-7-9(12)10(13)15-3/h9H,4-8H2,1-3H3. The zero-order valence-corrected chi connectivity index (χ0v) is 10.2. The molecule has 0 N–H and O–H groups in total. The topological polar surface area (TPSA) is 52.6 Å². The third-order valence-electron chi connectivity index (χ3n) is 3.44. The van der Waals surface area contributed by atoms with Crippen LogP contribution >= 0.6 is 0 Å². The van der Waals surface area contributed by atoms with Gasteiger partial charge in [-0.15, -0.1) is 0 Å². The number of rotatable bonds is 3. The van der Waals surface area contributed by atoms with Gasteiger partial charge in [0, 0.05) is 0 Å². The summed E-state index contributed by atoms with van der Waals surface area (Å²) >= 11 is 0. The summed E-state index contributed by atoms with van der Waals surface area (Å²) in [5.74, 6) is -0.925. The van der Waals surface area contributed by atoms with E-state index in [1.54, 1.807) is 6.92 Å². The number of hydrogen-bond acceptors (Lipinski definition) is 4. The normalized spacial score (nSPS) is 29.6. The maximum absolute atomic E-state index is 11.9. The van der Waals surface area contributed by atoms with Crippen LogP contribution in [0, 0.1) is 11.3 Å². The number of methoxy groups -OCH3 is 1. The molecular formula is C12H20O4. The molecule has 2 unspecified atom stereocenters. The van der Waals surface area contributed by atoms with E-state index < -0.39 is 5.41 Å². The molecule has 1 aliphatic rings. The Kier molecular flexibility index (Phi) is 4.33. The highest BCUT2D eigenvalue weighted by Crippen LogP contribution is 2.42.